The quantitative estimate of drug-likeness (QED) is 0.837. The second-order valence-corrected chi connectivity index (χ2v) is 7.12. The second-order valence-electron chi connectivity index (χ2n) is 5.19. The number of carbonyl (C=O) groups excluding carboxylic acids is 1. The first-order valence-corrected chi connectivity index (χ1v) is 8.77. The molecule has 1 aromatic rings. The van der Waals surface area contributed by atoms with Crippen LogP contribution in [0.25, 0.3) is 0 Å². The zero-order valence-electron chi connectivity index (χ0n) is 12.8. The number of hydrogen-bond acceptors (Lipinski definition) is 3. The van der Waals surface area contributed by atoms with Gasteiger partial charge in [0, 0.05) is 31.7 Å². The van der Waals surface area contributed by atoms with E-state index in [0.717, 1.165) is 12.0 Å². The fraction of sp³-hybridized carbons (Fsp3) is 0.533. The van der Waals surface area contributed by atoms with Crippen molar-refractivity contribution in [1.82, 2.24) is 4.31 Å². The van der Waals surface area contributed by atoms with Gasteiger partial charge in [-0.2, -0.15) is 4.31 Å². The van der Waals surface area contributed by atoms with Crippen LogP contribution in [0.2, 0.25) is 0 Å². The predicted octanol–water partition coefficient (Wildman–Crippen LogP) is 2.15. The minimum atomic E-state index is -3.49. The van der Waals surface area contributed by atoms with E-state index in [4.69, 9.17) is 0 Å². The molecule has 0 saturated carbocycles. The van der Waals surface area contributed by atoms with E-state index in [-0.39, 0.29) is 10.8 Å². The summed E-state index contributed by atoms with van der Waals surface area (Å²) in [6, 6.07) is 5.02. The Morgan fingerprint density at radius 3 is 2.43 bits per heavy atom. The van der Waals surface area contributed by atoms with Crippen LogP contribution in [0, 0.1) is 6.92 Å². The summed E-state index contributed by atoms with van der Waals surface area (Å²) in [6.45, 7) is 7.07. The van der Waals surface area contributed by atoms with Crippen LogP contribution in [0.15, 0.2) is 23.1 Å². The number of nitrogens with zero attached hydrogens (tertiary/aromatic N) is 2. The largest absolute Gasteiger partial charge is 0.312 e. The molecule has 0 unspecified atom stereocenters. The van der Waals surface area contributed by atoms with Crippen LogP contribution in [-0.2, 0) is 14.8 Å². The number of hydrogen-bond donors (Lipinski definition) is 0. The Morgan fingerprint density at radius 1 is 1.24 bits per heavy atom. The van der Waals surface area contributed by atoms with Crippen molar-refractivity contribution in [2.45, 2.75) is 38.5 Å². The molecule has 0 spiro atoms. The summed E-state index contributed by atoms with van der Waals surface area (Å²) in [6.07, 6.45) is 1.36. The molecule has 1 aromatic carbocycles. The Hall–Kier alpha value is -1.40. The fourth-order valence-electron chi connectivity index (χ4n) is 2.66. The summed E-state index contributed by atoms with van der Waals surface area (Å²) in [5.74, 6) is 0.0653. The molecular weight excluding hydrogens is 288 g/mol. The van der Waals surface area contributed by atoms with Crippen molar-refractivity contribution < 1.29 is 13.2 Å². The van der Waals surface area contributed by atoms with Crippen LogP contribution in [0.4, 0.5) is 5.69 Å². The van der Waals surface area contributed by atoms with Crippen LogP contribution < -0.4 is 4.90 Å². The van der Waals surface area contributed by atoms with Crippen molar-refractivity contribution in [3.63, 3.8) is 0 Å². The van der Waals surface area contributed by atoms with Gasteiger partial charge in [0.1, 0.15) is 0 Å². The third-order valence-corrected chi connectivity index (χ3v) is 5.93. The third-order valence-electron chi connectivity index (χ3n) is 3.89. The Bertz CT molecular complexity index is 636. The van der Waals surface area contributed by atoms with Gasteiger partial charge in [-0.25, -0.2) is 8.42 Å². The van der Waals surface area contributed by atoms with Crippen LogP contribution in [0.1, 0.15) is 32.3 Å². The SMILES string of the molecule is CCN(CC)S(=O)(=O)c1ccc(C)c(N2CCCC2=O)c1. The molecule has 116 valence electrons. The zero-order chi connectivity index (χ0) is 15.6. The molecule has 1 heterocycles. The number of aryl methyl sites for hydroxylation is 1. The minimum Gasteiger partial charge on any atom is -0.312 e. The standard InChI is InChI=1S/C15H22N2O3S/c1-4-16(5-2)21(19,20)13-9-8-12(3)14(11-13)17-10-6-7-15(17)18/h8-9,11H,4-7,10H2,1-3H3. The summed E-state index contributed by atoms with van der Waals surface area (Å²) < 4.78 is 26.6. The predicted molar refractivity (Wildman–Crippen MR) is 82.9 cm³/mol. The van der Waals surface area contributed by atoms with Crippen molar-refractivity contribution in [3.05, 3.63) is 23.8 Å². The first-order chi connectivity index (χ1) is 9.91. The fourth-order valence-corrected chi connectivity index (χ4v) is 4.13. The lowest BCUT2D eigenvalue weighted by Crippen LogP contribution is -2.31. The van der Waals surface area contributed by atoms with E-state index in [9.17, 15) is 13.2 Å². The first-order valence-electron chi connectivity index (χ1n) is 7.33. The molecule has 5 nitrogen and oxygen atoms in total. The van der Waals surface area contributed by atoms with Crippen molar-refractivity contribution in [1.29, 1.82) is 0 Å². The van der Waals surface area contributed by atoms with Gasteiger partial charge in [0.15, 0.2) is 0 Å². The van der Waals surface area contributed by atoms with Crippen molar-refractivity contribution >= 4 is 21.6 Å². The summed E-state index contributed by atoms with van der Waals surface area (Å²) in [4.78, 5) is 13.8. The molecular formula is C15H22N2O3S. The minimum absolute atomic E-state index is 0.0653. The van der Waals surface area contributed by atoms with Crippen LogP contribution in [0.5, 0.6) is 0 Å². The van der Waals surface area contributed by atoms with Gasteiger partial charge in [0.05, 0.1) is 4.90 Å². The molecule has 1 fully saturated rings. The Balaban J connectivity index is 2.46. The van der Waals surface area contributed by atoms with E-state index in [1.165, 1.54) is 4.31 Å². The number of carbonyl (C=O) groups is 1. The summed E-state index contributed by atoms with van der Waals surface area (Å²) in [5, 5.41) is 0. The van der Waals surface area contributed by atoms with Gasteiger partial charge in [-0.1, -0.05) is 19.9 Å². The number of amides is 1. The van der Waals surface area contributed by atoms with Gasteiger partial charge in [-0.05, 0) is 31.0 Å². The van der Waals surface area contributed by atoms with Crippen molar-refractivity contribution in [2.75, 3.05) is 24.5 Å². The maximum atomic E-state index is 12.6. The highest BCUT2D eigenvalue weighted by atomic mass is 32.2. The maximum absolute atomic E-state index is 12.6. The summed E-state index contributed by atoms with van der Waals surface area (Å²) in [7, 11) is -3.49. The number of sulfonamides is 1. The van der Waals surface area contributed by atoms with Gasteiger partial charge in [-0.15, -0.1) is 0 Å². The van der Waals surface area contributed by atoms with Gasteiger partial charge >= 0.3 is 0 Å². The zero-order valence-corrected chi connectivity index (χ0v) is 13.6. The second kappa shape index (κ2) is 6.15. The van der Waals surface area contributed by atoms with Crippen LogP contribution >= 0.6 is 0 Å². The smallest absolute Gasteiger partial charge is 0.243 e. The van der Waals surface area contributed by atoms with E-state index in [1.54, 1.807) is 23.1 Å². The van der Waals surface area contributed by atoms with E-state index in [1.807, 2.05) is 20.8 Å². The molecule has 1 amide bonds. The average Bonchev–Trinajstić information content (AvgIpc) is 2.86. The highest BCUT2D eigenvalue weighted by molar-refractivity contribution is 7.89. The van der Waals surface area contributed by atoms with E-state index in [2.05, 4.69) is 0 Å². The number of benzene rings is 1. The van der Waals surface area contributed by atoms with Crippen molar-refractivity contribution in [3.8, 4) is 0 Å². The van der Waals surface area contributed by atoms with E-state index >= 15 is 0 Å². The Kier molecular flexibility index (Phi) is 4.68. The lowest BCUT2D eigenvalue weighted by Gasteiger charge is -2.22. The molecule has 0 atom stereocenters. The monoisotopic (exact) mass is 310 g/mol. The average molecular weight is 310 g/mol. The highest BCUT2D eigenvalue weighted by Gasteiger charge is 2.26. The molecule has 0 N–H and O–H groups in total. The third kappa shape index (κ3) is 2.96. The lowest BCUT2D eigenvalue weighted by atomic mass is 10.2. The van der Waals surface area contributed by atoms with Gasteiger partial charge < -0.3 is 4.90 Å². The number of rotatable bonds is 5. The van der Waals surface area contributed by atoms with Gasteiger partial charge in [0.2, 0.25) is 15.9 Å². The lowest BCUT2D eigenvalue weighted by molar-refractivity contribution is -0.117. The van der Waals surface area contributed by atoms with E-state index in [0.29, 0.717) is 31.7 Å². The molecule has 1 saturated heterocycles. The van der Waals surface area contributed by atoms with Gasteiger partial charge in [0.25, 0.3) is 0 Å². The Labute approximate surface area is 126 Å². The molecule has 1 aliphatic heterocycles. The number of anilines is 1. The molecule has 0 radical (unpaired) electrons. The summed E-state index contributed by atoms with van der Waals surface area (Å²) >= 11 is 0. The first kappa shape index (κ1) is 16.0. The van der Waals surface area contributed by atoms with Gasteiger partial charge in [-0.3, -0.25) is 4.79 Å². The van der Waals surface area contributed by atoms with Crippen LogP contribution in [0.3, 0.4) is 0 Å². The highest BCUT2D eigenvalue weighted by Crippen LogP contribution is 2.29. The molecule has 0 aliphatic carbocycles. The molecule has 2 rings (SSSR count). The molecule has 21 heavy (non-hydrogen) atoms. The topological polar surface area (TPSA) is 57.7 Å². The van der Waals surface area contributed by atoms with Crippen LogP contribution in [-0.4, -0.2) is 38.3 Å². The van der Waals surface area contributed by atoms with Crippen molar-refractivity contribution in [2.24, 2.45) is 0 Å². The maximum Gasteiger partial charge on any atom is 0.243 e. The van der Waals surface area contributed by atoms with E-state index < -0.39 is 10.0 Å². The molecule has 6 heteroatoms. The Morgan fingerprint density at radius 2 is 1.90 bits per heavy atom. The normalized spacial score (nSPS) is 16.0. The molecule has 0 bridgehead atoms. The summed E-state index contributed by atoms with van der Waals surface area (Å²) in [5.41, 5.74) is 1.63. The molecule has 1 aliphatic rings. The molecule has 0 aromatic heterocycles.